The van der Waals surface area contributed by atoms with Gasteiger partial charge in [-0.25, -0.2) is 0 Å². The summed E-state index contributed by atoms with van der Waals surface area (Å²) in [6.07, 6.45) is 2.22. The first-order valence-corrected chi connectivity index (χ1v) is 8.65. The zero-order chi connectivity index (χ0) is 15.4. The van der Waals surface area contributed by atoms with Crippen LogP contribution in [0.15, 0.2) is 41.8 Å². The standard InChI is InChI=1S/C18H21NO2S/c1-14-7-9-19(10-8-14)18(20)17-11-15(13-22-17)12-21-16-5-3-2-4-6-16/h2-6,11,13-14H,7-10,12H2,1H3. The normalized spacial score (nSPS) is 15.8. The van der Waals surface area contributed by atoms with Gasteiger partial charge in [0.1, 0.15) is 12.4 Å². The van der Waals surface area contributed by atoms with Crippen molar-refractivity contribution < 1.29 is 9.53 Å². The van der Waals surface area contributed by atoms with Gasteiger partial charge < -0.3 is 9.64 Å². The number of carbonyl (C=O) groups is 1. The maximum absolute atomic E-state index is 12.5. The largest absolute Gasteiger partial charge is 0.489 e. The van der Waals surface area contributed by atoms with Gasteiger partial charge in [0.2, 0.25) is 0 Å². The van der Waals surface area contributed by atoms with Crippen LogP contribution in [0.4, 0.5) is 0 Å². The van der Waals surface area contributed by atoms with Crippen molar-refractivity contribution in [3.63, 3.8) is 0 Å². The molecule has 0 N–H and O–H groups in total. The molecular formula is C18H21NO2S. The Kier molecular flexibility index (Phi) is 4.78. The summed E-state index contributed by atoms with van der Waals surface area (Å²) >= 11 is 1.52. The molecule has 0 aliphatic carbocycles. The molecule has 1 amide bonds. The average molecular weight is 315 g/mol. The molecule has 1 aromatic carbocycles. The molecule has 4 heteroatoms. The summed E-state index contributed by atoms with van der Waals surface area (Å²) in [6, 6.07) is 11.7. The molecule has 1 fully saturated rings. The van der Waals surface area contributed by atoms with Crippen LogP contribution in [-0.4, -0.2) is 23.9 Å². The van der Waals surface area contributed by atoms with Crippen molar-refractivity contribution in [1.29, 1.82) is 0 Å². The lowest BCUT2D eigenvalue weighted by Crippen LogP contribution is -2.37. The van der Waals surface area contributed by atoms with Crippen LogP contribution in [0.5, 0.6) is 5.75 Å². The van der Waals surface area contributed by atoms with E-state index in [4.69, 9.17) is 4.74 Å². The van der Waals surface area contributed by atoms with Gasteiger partial charge in [-0.15, -0.1) is 11.3 Å². The lowest BCUT2D eigenvalue weighted by atomic mass is 9.99. The van der Waals surface area contributed by atoms with Gasteiger partial charge in [0.15, 0.2) is 0 Å². The second kappa shape index (κ2) is 6.97. The van der Waals surface area contributed by atoms with E-state index in [1.54, 1.807) is 0 Å². The fourth-order valence-electron chi connectivity index (χ4n) is 2.61. The van der Waals surface area contributed by atoms with E-state index in [0.717, 1.165) is 48.0 Å². The second-order valence-corrected chi connectivity index (χ2v) is 6.81. The molecule has 22 heavy (non-hydrogen) atoms. The molecule has 0 saturated carbocycles. The highest BCUT2D eigenvalue weighted by atomic mass is 32.1. The number of rotatable bonds is 4. The maximum Gasteiger partial charge on any atom is 0.263 e. The Morgan fingerprint density at radius 3 is 2.73 bits per heavy atom. The second-order valence-electron chi connectivity index (χ2n) is 5.90. The first-order valence-electron chi connectivity index (χ1n) is 7.77. The third kappa shape index (κ3) is 3.69. The lowest BCUT2D eigenvalue weighted by Gasteiger charge is -2.29. The van der Waals surface area contributed by atoms with E-state index in [0.29, 0.717) is 6.61 Å². The van der Waals surface area contributed by atoms with Crippen molar-refractivity contribution >= 4 is 17.2 Å². The molecule has 1 aliphatic heterocycles. The third-order valence-corrected chi connectivity index (χ3v) is 5.05. The Morgan fingerprint density at radius 2 is 2.00 bits per heavy atom. The number of hydrogen-bond acceptors (Lipinski definition) is 3. The molecule has 1 aromatic heterocycles. The van der Waals surface area contributed by atoms with E-state index in [-0.39, 0.29) is 5.91 Å². The van der Waals surface area contributed by atoms with Crippen LogP contribution in [0.2, 0.25) is 0 Å². The number of para-hydroxylation sites is 1. The van der Waals surface area contributed by atoms with Crippen molar-refractivity contribution in [1.82, 2.24) is 4.90 Å². The third-order valence-electron chi connectivity index (χ3n) is 4.08. The fourth-order valence-corrected chi connectivity index (χ4v) is 3.48. The zero-order valence-electron chi connectivity index (χ0n) is 12.8. The SMILES string of the molecule is CC1CCN(C(=O)c2cc(COc3ccccc3)cs2)CC1. The van der Waals surface area contributed by atoms with E-state index in [9.17, 15) is 4.79 Å². The monoisotopic (exact) mass is 315 g/mol. The molecule has 0 spiro atoms. The quantitative estimate of drug-likeness (QED) is 0.846. The average Bonchev–Trinajstić information content (AvgIpc) is 3.03. The first-order chi connectivity index (χ1) is 10.7. The fraction of sp³-hybridized carbons (Fsp3) is 0.389. The number of likely N-dealkylation sites (tertiary alicyclic amines) is 1. The molecule has 1 saturated heterocycles. The summed E-state index contributed by atoms with van der Waals surface area (Å²) in [6.45, 7) is 4.53. The number of piperidine rings is 1. The molecule has 1 aliphatic rings. The lowest BCUT2D eigenvalue weighted by molar-refractivity contribution is 0.0702. The van der Waals surface area contributed by atoms with E-state index in [2.05, 4.69) is 6.92 Å². The van der Waals surface area contributed by atoms with Gasteiger partial charge in [0.25, 0.3) is 5.91 Å². The van der Waals surface area contributed by atoms with Gasteiger partial charge >= 0.3 is 0 Å². The number of ether oxygens (including phenoxy) is 1. The van der Waals surface area contributed by atoms with E-state index in [1.807, 2.05) is 46.7 Å². The van der Waals surface area contributed by atoms with E-state index >= 15 is 0 Å². The molecule has 0 bridgehead atoms. The minimum absolute atomic E-state index is 0.169. The summed E-state index contributed by atoms with van der Waals surface area (Å²) in [4.78, 5) is 15.3. The zero-order valence-corrected chi connectivity index (χ0v) is 13.6. The Balaban J connectivity index is 1.57. The van der Waals surface area contributed by atoms with Gasteiger partial charge in [0.05, 0.1) is 4.88 Å². The Morgan fingerprint density at radius 1 is 1.27 bits per heavy atom. The summed E-state index contributed by atoms with van der Waals surface area (Å²) in [7, 11) is 0. The van der Waals surface area contributed by atoms with Crippen LogP contribution in [0.3, 0.4) is 0 Å². The maximum atomic E-state index is 12.5. The van der Waals surface area contributed by atoms with Gasteiger partial charge in [-0.05, 0) is 42.3 Å². The highest BCUT2D eigenvalue weighted by Crippen LogP contribution is 2.22. The van der Waals surface area contributed by atoms with Crippen LogP contribution >= 0.6 is 11.3 Å². The van der Waals surface area contributed by atoms with Crippen molar-refractivity contribution in [2.75, 3.05) is 13.1 Å². The number of amides is 1. The number of nitrogens with zero attached hydrogens (tertiary/aromatic N) is 1. The minimum Gasteiger partial charge on any atom is -0.489 e. The predicted molar refractivity (Wildman–Crippen MR) is 89.4 cm³/mol. The minimum atomic E-state index is 0.169. The van der Waals surface area contributed by atoms with Crippen molar-refractivity contribution in [2.24, 2.45) is 5.92 Å². The van der Waals surface area contributed by atoms with Gasteiger partial charge in [-0.3, -0.25) is 4.79 Å². The molecule has 3 rings (SSSR count). The molecule has 3 nitrogen and oxygen atoms in total. The van der Waals surface area contributed by atoms with Crippen LogP contribution in [0.1, 0.15) is 35.0 Å². The molecule has 2 heterocycles. The van der Waals surface area contributed by atoms with Crippen LogP contribution in [0, 0.1) is 5.92 Å². The van der Waals surface area contributed by atoms with Gasteiger partial charge in [-0.1, -0.05) is 25.1 Å². The Labute approximate surface area is 135 Å². The Bertz CT molecular complexity index is 615. The van der Waals surface area contributed by atoms with Crippen molar-refractivity contribution in [3.8, 4) is 5.75 Å². The van der Waals surface area contributed by atoms with Crippen LogP contribution in [-0.2, 0) is 6.61 Å². The van der Waals surface area contributed by atoms with Gasteiger partial charge in [-0.2, -0.15) is 0 Å². The van der Waals surface area contributed by atoms with Crippen molar-refractivity contribution in [3.05, 3.63) is 52.2 Å². The molecule has 0 unspecified atom stereocenters. The summed E-state index contributed by atoms with van der Waals surface area (Å²) in [5.74, 6) is 1.76. The Hall–Kier alpha value is -1.81. The summed E-state index contributed by atoms with van der Waals surface area (Å²) in [5, 5.41) is 2.02. The first kappa shape index (κ1) is 15.1. The smallest absolute Gasteiger partial charge is 0.263 e. The molecule has 2 aromatic rings. The predicted octanol–water partition coefficient (Wildman–Crippen LogP) is 4.20. The highest BCUT2D eigenvalue weighted by molar-refractivity contribution is 7.12. The number of hydrogen-bond donors (Lipinski definition) is 0. The topological polar surface area (TPSA) is 29.5 Å². The van der Waals surface area contributed by atoms with Crippen LogP contribution in [0.25, 0.3) is 0 Å². The number of benzene rings is 1. The van der Waals surface area contributed by atoms with E-state index < -0.39 is 0 Å². The number of carbonyl (C=O) groups excluding carboxylic acids is 1. The summed E-state index contributed by atoms with van der Waals surface area (Å²) in [5.41, 5.74) is 1.06. The van der Waals surface area contributed by atoms with E-state index in [1.165, 1.54) is 11.3 Å². The molecule has 116 valence electrons. The highest BCUT2D eigenvalue weighted by Gasteiger charge is 2.22. The van der Waals surface area contributed by atoms with Gasteiger partial charge in [0, 0.05) is 18.7 Å². The molecule has 0 radical (unpaired) electrons. The summed E-state index contributed by atoms with van der Waals surface area (Å²) < 4.78 is 5.73. The molecule has 0 atom stereocenters. The van der Waals surface area contributed by atoms with Crippen molar-refractivity contribution in [2.45, 2.75) is 26.4 Å². The molecular weight excluding hydrogens is 294 g/mol. The van der Waals surface area contributed by atoms with Crippen LogP contribution < -0.4 is 4.74 Å². The number of thiophene rings is 1.